The lowest BCUT2D eigenvalue weighted by atomic mass is 10.1. The molecule has 0 bridgehead atoms. The van der Waals surface area contributed by atoms with Crippen molar-refractivity contribution in [1.29, 1.82) is 0 Å². The quantitative estimate of drug-likeness (QED) is 0.728. The molecule has 0 atom stereocenters. The van der Waals surface area contributed by atoms with Gasteiger partial charge in [0, 0.05) is 18.9 Å². The van der Waals surface area contributed by atoms with Crippen LogP contribution in [0.15, 0.2) is 54.9 Å². The summed E-state index contributed by atoms with van der Waals surface area (Å²) in [6.07, 6.45) is 5.54. The number of carbonyl (C=O) groups excluding carboxylic acids is 1. The topological polar surface area (TPSA) is 54.0 Å². The van der Waals surface area contributed by atoms with E-state index >= 15 is 0 Å². The standard InChI is InChI=1S/C17H21N3O/c21-17(20-13-16-9-5-10-18-12-16)14-19-11-4-8-15-6-2-1-3-7-15/h1-3,5-7,9-10,12,19H,4,8,11,13-14H2,(H,20,21). The lowest BCUT2D eigenvalue weighted by Crippen LogP contribution is -2.34. The van der Waals surface area contributed by atoms with Gasteiger partial charge in [0.15, 0.2) is 0 Å². The van der Waals surface area contributed by atoms with Crippen LogP contribution in [0.25, 0.3) is 0 Å². The summed E-state index contributed by atoms with van der Waals surface area (Å²) in [5.74, 6) is 0.0126. The Kier molecular flexibility index (Phi) is 6.42. The largest absolute Gasteiger partial charge is 0.351 e. The molecule has 0 aliphatic heterocycles. The minimum absolute atomic E-state index is 0.0126. The van der Waals surface area contributed by atoms with Gasteiger partial charge in [-0.1, -0.05) is 36.4 Å². The number of nitrogens with one attached hydrogen (secondary N) is 2. The summed E-state index contributed by atoms with van der Waals surface area (Å²) in [7, 11) is 0. The summed E-state index contributed by atoms with van der Waals surface area (Å²) in [5.41, 5.74) is 2.34. The minimum Gasteiger partial charge on any atom is -0.351 e. The van der Waals surface area contributed by atoms with Crippen molar-refractivity contribution in [3.05, 3.63) is 66.0 Å². The number of hydrogen-bond acceptors (Lipinski definition) is 3. The van der Waals surface area contributed by atoms with Gasteiger partial charge in [0.2, 0.25) is 5.91 Å². The summed E-state index contributed by atoms with van der Waals surface area (Å²) in [5, 5.41) is 6.03. The summed E-state index contributed by atoms with van der Waals surface area (Å²) < 4.78 is 0. The molecule has 0 spiro atoms. The molecule has 1 amide bonds. The number of aryl methyl sites for hydroxylation is 1. The van der Waals surface area contributed by atoms with Gasteiger partial charge in [-0.05, 0) is 36.6 Å². The Bertz CT molecular complexity index is 528. The number of benzene rings is 1. The summed E-state index contributed by atoms with van der Waals surface area (Å²) >= 11 is 0. The van der Waals surface area contributed by atoms with Crippen molar-refractivity contribution >= 4 is 5.91 Å². The van der Waals surface area contributed by atoms with Gasteiger partial charge in [0.25, 0.3) is 0 Å². The third-order valence-electron chi connectivity index (χ3n) is 3.16. The van der Waals surface area contributed by atoms with Gasteiger partial charge in [0.05, 0.1) is 6.54 Å². The Morgan fingerprint density at radius 1 is 1.05 bits per heavy atom. The van der Waals surface area contributed by atoms with Gasteiger partial charge in [-0.2, -0.15) is 0 Å². The monoisotopic (exact) mass is 283 g/mol. The van der Waals surface area contributed by atoms with E-state index in [4.69, 9.17) is 0 Å². The fourth-order valence-corrected chi connectivity index (χ4v) is 2.03. The molecule has 4 heteroatoms. The first-order chi connectivity index (χ1) is 10.3. The molecule has 1 aromatic heterocycles. The van der Waals surface area contributed by atoms with Crippen molar-refractivity contribution in [2.24, 2.45) is 0 Å². The maximum Gasteiger partial charge on any atom is 0.234 e. The van der Waals surface area contributed by atoms with Crippen molar-refractivity contribution in [2.45, 2.75) is 19.4 Å². The first-order valence-corrected chi connectivity index (χ1v) is 7.25. The van der Waals surface area contributed by atoms with Gasteiger partial charge in [-0.3, -0.25) is 9.78 Å². The van der Waals surface area contributed by atoms with Gasteiger partial charge in [-0.15, -0.1) is 0 Å². The Morgan fingerprint density at radius 3 is 2.62 bits per heavy atom. The number of aromatic nitrogens is 1. The SMILES string of the molecule is O=C(CNCCCc1ccccc1)NCc1cccnc1. The van der Waals surface area contributed by atoms with Gasteiger partial charge < -0.3 is 10.6 Å². The highest BCUT2D eigenvalue weighted by Gasteiger charge is 2.00. The zero-order chi connectivity index (χ0) is 14.8. The van der Waals surface area contributed by atoms with Crippen molar-refractivity contribution in [1.82, 2.24) is 15.6 Å². The molecular weight excluding hydrogens is 262 g/mol. The predicted octanol–water partition coefficient (Wildman–Crippen LogP) is 1.92. The highest BCUT2D eigenvalue weighted by Crippen LogP contribution is 2.01. The highest BCUT2D eigenvalue weighted by atomic mass is 16.1. The minimum atomic E-state index is 0.0126. The smallest absolute Gasteiger partial charge is 0.234 e. The van der Waals surface area contributed by atoms with E-state index in [1.54, 1.807) is 12.4 Å². The molecule has 2 rings (SSSR count). The average Bonchev–Trinajstić information content (AvgIpc) is 2.54. The van der Waals surface area contributed by atoms with Crippen molar-refractivity contribution in [3.63, 3.8) is 0 Å². The molecule has 2 N–H and O–H groups in total. The van der Waals surface area contributed by atoms with E-state index in [0.717, 1.165) is 24.9 Å². The van der Waals surface area contributed by atoms with Crippen LogP contribution in [0.4, 0.5) is 0 Å². The predicted molar refractivity (Wildman–Crippen MR) is 83.7 cm³/mol. The number of hydrogen-bond donors (Lipinski definition) is 2. The van der Waals surface area contributed by atoms with Crippen molar-refractivity contribution in [3.8, 4) is 0 Å². The number of pyridine rings is 1. The highest BCUT2D eigenvalue weighted by molar-refractivity contribution is 5.77. The normalized spacial score (nSPS) is 10.3. The van der Waals surface area contributed by atoms with Crippen LogP contribution in [-0.2, 0) is 17.8 Å². The molecule has 2 aromatic rings. The molecule has 0 aliphatic rings. The van der Waals surface area contributed by atoms with E-state index in [2.05, 4.69) is 39.9 Å². The van der Waals surface area contributed by atoms with Crippen LogP contribution < -0.4 is 10.6 Å². The third kappa shape index (κ3) is 6.19. The van der Waals surface area contributed by atoms with Gasteiger partial charge >= 0.3 is 0 Å². The summed E-state index contributed by atoms with van der Waals surface area (Å²) in [4.78, 5) is 15.7. The first-order valence-electron chi connectivity index (χ1n) is 7.25. The molecule has 0 fully saturated rings. The van der Waals surface area contributed by atoms with Crippen molar-refractivity contribution in [2.75, 3.05) is 13.1 Å². The van der Waals surface area contributed by atoms with E-state index in [1.807, 2.05) is 18.2 Å². The number of nitrogens with zero attached hydrogens (tertiary/aromatic N) is 1. The first kappa shape index (κ1) is 15.2. The second-order valence-corrected chi connectivity index (χ2v) is 4.90. The van der Waals surface area contributed by atoms with E-state index in [1.165, 1.54) is 5.56 Å². The van der Waals surface area contributed by atoms with E-state index in [-0.39, 0.29) is 5.91 Å². The average molecular weight is 283 g/mol. The fraction of sp³-hybridized carbons (Fsp3) is 0.294. The van der Waals surface area contributed by atoms with Crippen LogP contribution in [0.5, 0.6) is 0 Å². The maximum atomic E-state index is 11.7. The third-order valence-corrected chi connectivity index (χ3v) is 3.16. The summed E-state index contributed by atoms with van der Waals surface area (Å²) in [6, 6.07) is 14.2. The molecule has 1 aromatic carbocycles. The molecule has 21 heavy (non-hydrogen) atoms. The lowest BCUT2D eigenvalue weighted by Gasteiger charge is -2.07. The molecule has 0 unspecified atom stereocenters. The Hall–Kier alpha value is -2.20. The van der Waals surface area contributed by atoms with E-state index in [9.17, 15) is 4.79 Å². The zero-order valence-corrected chi connectivity index (χ0v) is 12.1. The fourth-order valence-electron chi connectivity index (χ4n) is 2.03. The van der Waals surface area contributed by atoms with Gasteiger partial charge in [0.1, 0.15) is 0 Å². The molecular formula is C17H21N3O. The second kappa shape index (κ2) is 8.87. The van der Waals surface area contributed by atoms with E-state index < -0.39 is 0 Å². The number of amides is 1. The Labute approximate surface area is 125 Å². The zero-order valence-electron chi connectivity index (χ0n) is 12.1. The molecule has 0 saturated heterocycles. The van der Waals surface area contributed by atoms with Crippen LogP contribution in [0.1, 0.15) is 17.5 Å². The van der Waals surface area contributed by atoms with Crippen LogP contribution >= 0.6 is 0 Å². The molecule has 0 aliphatic carbocycles. The van der Waals surface area contributed by atoms with E-state index in [0.29, 0.717) is 13.1 Å². The Morgan fingerprint density at radius 2 is 1.86 bits per heavy atom. The molecule has 0 radical (unpaired) electrons. The van der Waals surface area contributed by atoms with Crippen LogP contribution in [0.3, 0.4) is 0 Å². The number of carbonyl (C=O) groups is 1. The van der Waals surface area contributed by atoms with Gasteiger partial charge in [-0.25, -0.2) is 0 Å². The van der Waals surface area contributed by atoms with Crippen LogP contribution in [0.2, 0.25) is 0 Å². The second-order valence-electron chi connectivity index (χ2n) is 4.90. The number of rotatable bonds is 8. The molecule has 4 nitrogen and oxygen atoms in total. The lowest BCUT2D eigenvalue weighted by molar-refractivity contribution is -0.120. The van der Waals surface area contributed by atoms with Crippen LogP contribution in [-0.4, -0.2) is 24.0 Å². The molecule has 110 valence electrons. The molecule has 0 saturated carbocycles. The van der Waals surface area contributed by atoms with Crippen molar-refractivity contribution < 1.29 is 4.79 Å². The van der Waals surface area contributed by atoms with Crippen LogP contribution in [0, 0.1) is 0 Å². The summed E-state index contributed by atoms with van der Waals surface area (Å²) in [6.45, 7) is 1.72. The Balaban J connectivity index is 1.53. The maximum absolute atomic E-state index is 11.7. The molecule has 1 heterocycles.